The number of benzene rings is 2. The normalized spacial score (nSPS) is 10.3. The SMILES string of the molecule is COc1cc(Br)c(Oc2cc(N)cc(F)c2)cc1Br. The van der Waals surface area contributed by atoms with Crippen molar-refractivity contribution in [3.8, 4) is 17.2 Å². The van der Waals surface area contributed by atoms with Crippen LogP contribution >= 0.6 is 31.9 Å². The molecule has 0 amide bonds. The van der Waals surface area contributed by atoms with E-state index in [0.717, 1.165) is 4.47 Å². The van der Waals surface area contributed by atoms with Gasteiger partial charge in [0.05, 0.1) is 16.1 Å². The van der Waals surface area contributed by atoms with Crippen LogP contribution in [0, 0.1) is 5.82 Å². The van der Waals surface area contributed by atoms with Gasteiger partial charge in [-0.2, -0.15) is 0 Å². The number of ether oxygens (including phenoxy) is 2. The van der Waals surface area contributed by atoms with Gasteiger partial charge < -0.3 is 15.2 Å². The number of halogens is 3. The third-order valence-electron chi connectivity index (χ3n) is 2.33. The molecular weight excluding hydrogens is 381 g/mol. The Morgan fingerprint density at radius 3 is 2.26 bits per heavy atom. The van der Waals surface area contributed by atoms with Gasteiger partial charge in [-0.3, -0.25) is 0 Å². The highest BCUT2D eigenvalue weighted by molar-refractivity contribution is 9.11. The van der Waals surface area contributed by atoms with Crippen molar-refractivity contribution in [2.45, 2.75) is 0 Å². The Labute approximate surface area is 126 Å². The lowest BCUT2D eigenvalue weighted by molar-refractivity contribution is 0.409. The van der Waals surface area contributed by atoms with Gasteiger partial charge in [-0.1, -0.05) is 0 Å². The third kappa shape index (κ3) is 3.39. The summed E-state index contributed by atoms with van der Waals surface area (Å²) in [5, 5.41) is 0. The first-order valence-electron chi connectivity index (χ1n) is 5.26. The van der Waals surface area contributed by atoms with Crippen molar-refractivity contribution in [3.05, 3.63) is 45.1 Å². The monoisotopic (exact) mass is 389 g/mol. The van der Waals surface area contributed by atoms with Gasteiger partial charge in [-0.05, 0) is 50.1 Å². The molecule has 0 aliphatic heterocycles. The molecule has 0 saturated carbocycles. The Morgan fingerprint density at radius 2 is 1.63 bits per heavy atom. The van der Waals surface area contributed by atoms with Crippen LogP contribution in [0.25, 0.3) is 0 Å². The van der Waals surface area contributed by atoms with Crippen LogP contribution in [0.15, 0.2) is 39.3 Å². The van der Waals surface area contributed by atoms with E-state index < -0.39 is 5.82 Å². The van der Waals surface area contributed by atoms with Crippen LogP contribution in [-0.2, 0) is 0 Å². The highest BCUT2D eigenvalue weighted by Gasteiger charge is 2.10. The molecule has 0 radical (unpaired) electrons. The number of hydrogen-bond acceptors (Lipinski definition) is 3. The van der Waals surface area contributed by atoms with Gasteiger partial charge >= 0.3 is 0 Å². The first-order valence-corrected chi connectivity index (χ1v) is 6.85. The smallest absolute Gasteiger partial charge is 0.143 e. The lowest BCUT2D eigenvalue weighted by Crippen LogP contribution is -1.92. The zero-order valence-corrected chi connectivity index (χ0v) is 13.1. The predicted molar refractivity (Wildman–Crippen MR) is 79.3 cm³/mol. The first kappa shape index (κ1) is 14.1. The molecule has 0 heterocycles. The molecule has 0 spiro atoms. The average Bonchev–Trinajstić information content (AvgIpc) is 2.32. The molecular formula is C13H10Br2FNO2. The quantitative estimate of drug-likeness (QED) is 0.770. The van der Waals surface area contributed by atoms with Crippen LogP contribution in [0.2, 0.25) is 0 Å². The van der Waals surface area contributed by atoms with Crippen LogP contribution in [0.4, 0.5) is 10.1 Å². The molecule has 0 saturated heterocycles. The maximum atomic E-state index is 13.2. The summed E-state index contributed by atoms with van der Waals surface area (Å²) in [5.41, 5.74) is 5.87. The molecule has 2 rings (SSSR count). The lowest BCUT2D eigenvalue weighted by Gasteiger charge is -2.11. The molecule has 0 atom stereocenters. The second-order valence-electron chi connectivity index (χ2n) is 3.74. The molecule has 0 bridgehead atoms. The molecule has 6 heteroatoms. The third-order valence-corrected chi connectivity index (χ3v) is 3.57. The van der Waals surface area contributed by atoms with Crippen molar-refractivity contribution in [1.82, 2.24) is 0 Å². The molecule has 2 N–H and O–H groups in total. The molecule has 2 aromatic carbocycles. The highest BCUT2D eigenvalue weighted by Crippen LogP contribution is 2.38. The van der Waals surface area contributed by atoms with Gasteiger partial charge in [0.25, 0.3) is 0 Å². The molecule has 100 valence electrons. The van der Waals surface area contributed by atoms with Crippen LogP contribution in [0.1, 0.15) is 0 Å². The Morgan fingerprint density at radius 1 is 1.00 bits per heavy atom. The van der Waals surface area contributed by atoms with E-state index in [1.165, 1.54) is 12.1 Å². The van der Waals surface area contributed by atoms with Crippen molar-refractivity contribution < 1.29 is 13.9 Å². The summed E-state index contributed by atoms with van der Waals surface area (Å²) in [6.07, 6.45) is 0. The number of nitrogens with two attached hydrogens (primary N) is 1. The lowest BCUT2D eigenvalue weighted by atomic mass is 10.3. The van der Waals surface area contributed by atoms with Crippen molar-refractivity contribution in [3.63, 3.8) is 0 Å². The van der Waals surface area contributed by atoms with E-state index in [4.69, 9.17) is 15.2 Å². The van der Waals surface area contributed by atoms with E-state index in [1.807, 2.05) is 0 Å². The average molecular weight is 391 g/mol. The summed E-state index contributed by atoms with van der Waals surface area (Å²) in [5.74, 6) is 1.07. The fourth-order valence-electron chi connectivity index (χ4n) is 1.52. The molecule has 0 fully saturated rings. The maximum Gasteiger partial charge on any atom is 0.143 e. The standard InChI is InChI=1S/C13H10Br2FNO2/c1-18-12-5-11(15)13(6-10(12)14)19-9-3-7(16)2-8(17)4-9/h2-6H,17H2,1H3. The Balaban J connectivity index is 2.35. The van der Waals surface area contributed by atoms with E-state index in [2.05, 4.69) is 31.9 Å². The zero-order valence-electron chi connectivity index (χ0n) is 9.91. The summed E-state index contributed by atoms with van der Waals surface area (Å²) in [7, 11) is 1.57. The number of rotatable bonds is 3. The van der Waals surface area contributed by atoms with E-state index in [1.54, 1.807) is 25.3 Å². The summed E-state index contributed by atoms with van der Waals surface area (Å²) < 4.78 is 25.4. The number of nitrogen functional groups attached to an aromatic ring is 1. The van der Waals surface area contributed by atoms with Crippen LogP contribution in [-0.4, -0.2) is 7.11 Å². The summed E-state index contributed by atoms with van der Waals surface area (Å²) >= 11 is 6.72. The van der Waals surface area contributed by atoms with Gasteiger partial charge in [0.1, 0.15) is 23.1 Å². The summed E-state index contributed by atoms with van der Waals surface area (Å²) in [6, 6.07) is 7.52. The largest absolute Gasteiger partial charge is 0.496 e. The van der Waals surface area contributed by atoms with E-state index >= 15 is 0 Å². The second kappa shape index (κ2) is 5.79. The molecule has 0 aliphatic carbocycles. The highest BCUT2D eigenvalue weighted by atomic mass is 79.9. The van der Waals surface area contributed by atoms with Gasteiger partial charge in [0.15, 0.2) is 0 Å². The molecule has 3 nitrogen and oxygen atoms in total. The van der Waals surface area contributed by atoms with Gasteiger partial charge in [-0.15, -0.1) is 0 Å². The Hall–Kier alpha value is -1.27. The first-order chi connectivity index (χ1) is 8.99. The fraction of sp³-hybridized carbons (Fsp3) is 0.0769. The maximum absolute atomic E-state index is 13.2. The molecule has 0 aliphatic rings. The van der Waals surface area contributed by atoms with Crippen molar-refractivity contribution in [2.24, 2.45) is 0 Å². The molecule has 2 aromatic rings. The predicted octanol–water partition coefficient (Wildman–Crippen LogP) is 4.73. The Bertz CT molecular complexity index is 600. The number of methoxy groups -OCH3 is 1. The molecule has 0 aromatic heterocycles. The fourth-order valence-corrected chi connectivity index (χ4v) is 2.40. The van der Waals surface area contributed by atoms with Gasteiger partial charge in [0, 0.05) is 17.8 Å². The minimum absolute atomic E-state index is 0.304. The minimum Gasteiger partial charge on any atom is -0.496 e. The van der Waals surface area contributed by atoms with Gasteiger partial charge in [0.2, 0.25) is 0 Å². The van der Waals surface area contributed by atoms with Crippen LogP contribution in [0.3, 0.4) is 0 Å². The van der Waals surface area contributed by atoms with Crippen LogP contribution in [0.5, 0.6) is 17.2 Å². The van der Waals surface area contributed by atoms with Crippen molar-refractivity contribution in [1.29, 1.82) is 0 Å². The minimum atomic E-state index is -0.446. The van der Waals surface area contributed by atoms with Crippen LogP contribution < -0.4 is 15.2 Å². The molecule has 19 heavy (non-hydrogen) atoms. The summed E-state index contributed by atoms with van der Waals surface area (Å²) in [4.78, 5) is 0. The van der Waals surface area contributed by atoms with Gasteiger partial charge in [-0.25, -0.2) is 4.39 Å². The Kier molecular flexibility index (Phi) is 4.31. The van der Waals surface area contributed by atoms with Crippen molar-refractivity contribution >= 4 is 37.5 Å². The van der Waals surface area contributed by atoms with E-state index in [0.29, 0.717) is 27.4 Å². The number of anilines is 1. The second-order valence-corrected chi connectivity index (χ2v) is 5.45. The van der Waals surface area contributed by atoms with E-state index in [-0.39, 0.29) is 0 Å². The molecule has 0 unspecified atom stereocenters. The topological polar surface area (TPSA) is 44.5 Å². The number of hydrogen-bond donors (Lipinski definition) is 1. The van der Waals surface area contributed by atoms with E-state index in [9.17, 15) is 4.39 Å². The zero-order chi connectivity index (χ0) is 14.0. The van der Waals surface area contributed by atoms with Crippen molar-refractivity contribution in [2.75, 3.05) is 12.8 Å². The summed E-state index contributed by atoms with van der Waals surface area (Å²) in [6.45, 7) is 0.